The van der Waals surface area contributed by atoms with Gasteiger partial charge in [0.05, 0.1) is 11.4 Å². The summed E-state index contributed by atoms with van der Waals surface area (Å²) in [6.45, 7) is 3.68. The molecule has 3 rings (SSSR count). The van der Waals surface area contributed by atoms with Gasteiger partial charge in [0, 0.05) is 31.7 Å². The van der Waals surface area contributed by atoms with Gasteiger partial charge in [-0.15, -0.1) is 0 Å². The summed E-state index contributed by atoms with van der Waals surface area (Å²) in [5, 5.41) is 0. The Morgan fingerprint density at radius 3 is 2.83 bits per heavy atom. The van der Waals surface area contributed by atoms with Crippen molar-refractivity contribution in [3.05, 3.63) is 23.8 Å². The van der Waals surface area contributed by atoms with Gasteiger partial charge in [-0.25, -0.2) is 8.78 Å². The van der Waals surface area contributed by atoms with Gasteiger partial charge >= 0.3 is 0 Å². The third kappa shape index (κ3) is 1.92. The van der Waals surface area contributed by atoms with Gasteiger partial charge in [0.25, 0.3) is 0 Å². The zero-order valence-electron chi connectivity index (χ0n) is 10.2. The first-order valence-corrected chi connectivity index (χ1v) is 6.38. The zero-order valence-corrected chi connectivity index (χ0v) is 10.2. The number of hydrogen-bond donors (Lipinski definition) is 1. The molecule has 0 spiro atoms. The van der Waals surface area contributed by atoms with Gasteiger partial charge in [-0.1, -0.05) is 0 Å². The Labute approximate surface area is 105 Å². The van der Waals surface area contributed by atoms with E-state index in [2.05, 4.69) is 4.90 Å². The Balaban J connectivity index is 1.87. The summed E-state index contributed by atoms with van der Waals surface area (Å²) in [6.07, 6.45) is 2.37. The minimum Gasteiger partial charge on any atom is -0.395 e. The maximum absolute atomic E-state index is 13.5. The maximum atomic E-state index is 13.5. The minimum absolute atomic E-state index is 0.0582. The average molecular weight is 253 g/mol. The van der Waals surface area contributed by atoms with Crippen LogP contribution in [0.3, 0.4) is 0 Å². The topological polar surface area (TPSA) is 32.5 Å². The van der Waals surface area contributed by atoms with Crippen LogP contribution in [0.25, 0.3) is 0 Å². The van der Waals surface area contributed by atoms with Crippen molar-refractivity contribution >= 4 is 11.4 Å². The van der Waals surface area contributed by atoms with E-state index in [0.29, 0.717) is 11.7 Å². The molecule has 2 aliphatic rings. The van der Waals surface area contributed by atoms with Crippen molar-refractivity contribution in [2.24, 2.45) is 0 Å². The van der Waals surface area contributed by atoms with Gasteiger partial charge < -0.3 is 10.6 Å². The van der Waals surface area contributed by atoms with E-state index >= 15 is 0 Å². The first kappa shape index (κ1) is 11.7. The SMILES string of the molecule is Nc1c(F)cc(F)cc1N1CCN2CCCC2C1. The molecule has 2 heterocycles. The molecule has 2 aliphatic heterocycles. The molecule has 1 unspecified atom stereocenters. The summed E-state index contributed by atoms with van der Waals surface area (Å²) in [5.74, 6) is -1.23. The number of nitrogens with zero attached hydrogens (tertiary/aromatic N) is 2. The molecule has 0 aliphatic carbocycles. The summed E-state index contributed by atoms with van der Waals surface area (Å²) < 4.78 is 26.8. The monoisotopic (exact) mass is 253 g/mol. The van der Waals surface area contributed by atoms with Crippen molar-refractivity contribution in [3.8, 4) is 0 Å². The predicted molar refractivity (Wildman–Crippen MR) is 67.6 cm³/mol. The number of fused-ring (bicyclic) bond motifs is 1. The number of benzene rings is 1. The van der Waals surface area contributed by atoms with Gasteiger partial charge in [0.2, 0.25) is 0 Å². The first-order chi connectivity index (χ1) is 8.65. The van der Waals surface area contributed by atoms with Crippen LogP contribution in [0.5, 0.6) is 0 Å². The molecule has 0 bridgehead atoms. The Morgan fingerprint density at radius 2 is 2.00 bits per heavy atom. The second-order valence-electron chi connectivity index (χ2n) is 5.10. The molecule has 0 radical (unpaired) electrons. The molecule has 18 heavy (non-hydrogen) atoms. The van der Waals surface area contributed by atoms with Gasteiger partial charge in [-0.2, -0.15) is 0 Å². The van der Waals surface area contributed by atoms with E-state index < -0.39 is 11.6 Å². The molecule has 98 valence electrons. The van der Waals surface area contributed by atoms with Crippen LogP contribution < -0.4 is 10.6 Å². The van der Waals surface area contributed by atoms with Crippen LogP contribution in [0.2, 0.25) is 0 Å². The van der Waals surface area contributed by atoms with Gasteiger partial charge in [-0.05, 0) is 25.5 Å². The highest BCUT2D eigenvalue weighted by molar-refractivity contribution is 5.68. The number of halogens is 2. The second kappa shape index (κ2) is 4.39. The fraction of sp³-hybridized carbons (Fsp3) is 0.538. The fourth-order valence-corrected chi connectivity index (χ4v) is 3.04. The summed E-state index contributed by atoms with van der Waals surface area (Å²) in [7, 11) is 0. The Kier molecular flexibility index (Phi) is 2.86. The van der Waals surface area contributed by atoms with E-state index in [1.807, 2.05) is 4.90 Å². The number of nitrogens with two attached hydrogens (primary N) is 1. The lowest BCUT2D eigenvalue weighted by molar-refractivity contribution is 0.231. The maximum Gasteiger partial charge on any atom is 0.151 e. The minimum atomic E-state index is -0.668. The predicted octanol–water partition coefficient (Wildman–Crippen LogP) is 1.83. The molecule has 2 fully saturated rings. The highest BCUT2D eigenvalue weighted by Gasteiger charge is 2.31. The summed E-state index contributed by atoms with van der Waals surface area (Å²) >= 11 is 0. The highest BCUT2D eigenvalue weighted by Crippen LogP contribution is 2.31. The third-order valence-corrected chi connectivity index (χ3v) is 4.00. The Bertz CT molecular complexity index is 464. The Hall–Kier alpha value is -1.36. The van der Waals surface area contributed by atoms with E-state index in [1.165, 1.54) is 12.5 Å². The normalized spacial score (nSPS) is 24.3. The standard InChI is InChI=1S/C13H17F2N3/c14-9-6-11(15)13(16)12(7-9)18-5-4-17-3-1-2-10(17)8-18/h6-7,10H,1-5,8,16H2. The highest BCUT2D eigenvalue weighted by atomic mass is 19.1. The van der Waals surface area contributed by atoms with Crippen molar-refractivity contribution in [2.45, 2.75) is 18.9 Å². The van der Waals surface area contributed by atoms with Crippen LogP contribution in [0, 0.1) is 11.6 Å². The smallest absolute Gasteiger partial charge is 0.151 e. The molecule has 0 saturated carbocycles. The molecule has 5 heteroatoms. The molecule has 1 aromatic rings. The molecular weight excluding hydrogens is 236 g/mol. The van der Waals surface area contributed by atoms with Crippen molar-refractivity contribution in [1.29, 1.82) is 0 Å². The van der Waals surface area contributed by atoms with Crippen LogP contribution in [0.4, 0.5) is 20.2 Å². The molecule has 2 saturated heterocycles. The van der Waals surface area contributed by atoms with Gasteiger partial charge in [0.1, 0.15) is 5.82 Å². The number of piperazine rings is 1. The van der Waals surface area contributed by atoms with Crippen molar-refractivity contribution in [3.63, 3.8) is 0 Å². The van der Waals surface area contributed by atoms with Crippen LogP contribution in [0.15, 0.2) is 12.1 Å². The zero-order chi connectivity index (χ0) is 12.7. The van der Waals surface area contributed by atoms with Crippen LogP contribution in [0.1, 0.15) is 12.8 Å². The summed E-state index contributed by atoms with van der Waals surface area (Å²) in [4.78, 5) is 4.45. The van der Waals surface area contributed by atoms with Crippen LogP contribution in [-0.2, 0) is 0 Å². The van der Waals surface area contributed by atoms with Crippen molar-refractivity contribution < 1.29 is 8.78 Å². The lowest BCUT2D eigenvalue weighted by Gasteiger charge is -2.39. The summed E-state index contributed by atoms with van der Waals surface area (Å²) in [5.41, 5.74) is 6.28. The van der Waals surface area contributed by atoms with E-state index in [0.717, 1.165) is 38.7 Å². The van der Waals surface area contributed by atoms with Crippen molar-refractivity contribution in [2.75, 3.05) is 36.8 Å². The lowest BCUT2D eigenvalue weighted by atomic mass is 10.1. The fourth-order valence-electron chi connectivity index (χ4n) is 3.04. The number of nitrogen functional groups attached to an aromatic ring is 1. The van der Waals surface area contributed by atoms with E-state index in [-0.39, 0.29) is 5.69 Å². The summed E-state index contributed by atoms with van der Waals surface area (Å²) in [6, 6.07) is 2.68. The van der Waals surface area contributed by atoms with E-state index in [4.69, 9.17) is 5.73 Å². The van der Waals surface area contributed by atoms with Gasteiger partial charge in [-0.3, -0.25) is 4.90 Å². The molecular formula is C13H17F2N3. The van der Waals surface area contributed by atoms with Crippen LogP contribution >= 0.6 is 0 Å². The number of rotatable bonds is 1. The Morgan fingerprint density at radius 1 is 1.17 bits per heavy atom. The largest absolute Gasteiger partial charge is 0.395 e. The number of hydrogen-bond acceptors (Lipinski definition) is 3. The first-order valence-electron chi connectivity index (χ1n) is 6.38. The molecule has 1 aromatic carbocycles. The van der Waals surface area contributed by atoms with E-state index in [9.17, 15) is 8.78 Å². The van der Waals surface area contributed by atoms with E-state index in [1.54, 1.807) is 0 Å². The van der Waals surface area contributed by atoms with Crippen molar-refractivity contribution in [1.82, 2.24) is 4.90 Å². The number of anilines is 2. The molecule has 0 aromatic heterocycles. The molecule has 3 nitrogen and oxygen atoms in total. The molecule has 2 N–H and O–H groups in total. The second-order valence-corrected chi connectivity index (χ2v) is 5.10. The lowest BCUT2D eigenvalue weighted by Crippen LogP contribution is -2.50. The van der Waals surface area contributed by atoms with Crippen LogP contribution in [-0.4, -0.2) is 37.1 Å². The third-order valence-electron chi connectivity index (χ3n) is 4.00. The average Bonchev–Trinajstić information content (AvgIpc) is 2.80. The molecule has 0 amide bonds. The van der Waals surface area contributed by atoms with Gasteiger partial charge in [0.15, 0.2) is 5.82 Å². The quantitative estimate of drug-likeness (QED) is 0.775. The molecule has 1 atom stereocenters.